The number of carboxylic acids is 1. The quantitative estimate of drug-likeness (QED) is 0.0877. The lowest BCUT2D eigenvalue weighted by atomic mass is 9.88. The minimum absolute atomic E-state index is 0.0470. The minimum Gasteiger partial charge on any atom is -0.479 e. The molecule has 0 bridgehead atoms. The second-order valence-corrected chi connectivity index (χ2v) is 14.7. The number of methoxy groups -OCH3 is 2. The Balaban J connectivity index is 1.73. The topological polar surface area (TPSA) is 336 Å². The molecule has 3 saturated heterocycles. The molecule has 0 aliphatic carbocycles. The summed E-state index contributed by atoms with van der Waals surface area (Å²) in [7, 11) is -8.06. The number of azide groups is 2. The number of ether oxygens (including phenoxy) is 8. The number of nitrogens with zero attached hydrogens (tertiary/aromatic N) is 6. The van der Waals surface area contributed by atoms with Gasteiger partial charge in [-0.1, -0.05) is 61.3 Å². The molecule has 1 aromatic rings. The van der Waals surface area contributed by atoms with Crippen molar-refractivity contribution in [3.8, 4) is 0 Å². The largest absolute Gasteiger partial charge is 0.479 e. The molecular formula is C29H42N6O18S2. The van der Waals surface area contributed by atoms with E-state index in [0.717, 1.165) is 7.11 Å². The van der Waals surface area contributed by atoms with Crippen LogP contribution in [0, 0.1) is 11.8 Å². The average molecular weight is 827 g/mol. The van der Waals surface area contributed by atoms with Gasteiger partial charge in [0.25, 0.3) is 0 Å². The summed E-state index contributed by atoms with van der Waals surface area (Å²) in [6, 6.07) is 6.25. The molecule has 3 heterocycles. The van der Waals surface area contributed by atoms with Crippen molar-refractivity contribution in [3.05, 3.63) is 56.8 Å². The number of carboxylic acid groups (broad SMARTS) is 1. The first-order valence-corrected chi connectivity index (χ1v) is 19.3. The van der Waals surface area contributed by atoms with Crippen LogP contribution in [0.4, 0.5) is 0 Å². The molecule has 24 nitrogen and oxygen atoms in total. The van der Waals surface area contributed by atoms with E-state index in [1.54, 1.807) is 37.3 Å². The van der Waals surface area contributed by atoms with Crippen LogP contribution in [0.1, 0.15) is 32.8 Å². The van der Waals surface area contributed by atoms with Crippen molar-refractivity contribution < 1.29 is 82.1 Å². The molecule has 8 unspecified atom stereocenters. The van der Waals surface area contributed by atoms with Crippen LogP contribution in [0.15, 0.2) is 40.6 Å². The maximum atomic E-state index is 12.8. The van der Waals surface area contributed by atoms with Gasteiger partial charge in [0.15, 0.2) is 25.0 Å². The molecule has 55 heavy (non-hydrogen) atoms. The molecule has 3 aliphatic heterocycles. The Kier molecular flexibility index (Phi) is 15.6. The third-order valence-corrected chi connectivity index (χ3v) is 10.1. The first kappa shape index (κ1) is 44.4. The second-order valence-electron chi connectivity index (χ2n) is 12.6. The maximum Gasteiger partial charge on any atom is 0.399 e. The molecule has 3 aliphatic rings. The van der Waals surface area contributed by atoms with Crippen molar-refractivity contribution >= 4 is 26.8 Å². The number of aliphatic carboxylic acids is 1. The van der Waals surface area contributed by atoms with Crippen LogP contribution in [0.25, 0.3) is 20.9 Å². The summed E-state index contributed by atoms with van der Waals surface area (Å²) < 4.78 is 123. The standard InChI is InChI=1S/C29H42N6O18S2/c1-6-16-22(23(18(33-35-31)26(45-5)47-16)46-12-15-10-8-7-9-11-15)49-28-21(52-54(38,39)40)14(3)19(24(50-28)25(36)37)48-27-17(32-34-30)13(2)20(44-4)29(51-27)53-55(41,42)43/h7-11,13-14,16-24,26-29H,6,12H2,1-5H3,(H,36,37)(H,38,39,40)(H,41,42,43)/t13-,14?,16?,17-,18-,19+,20?,21?,22?,23+,24-,26?,27?,28+,29?/m1/s1. The fraction of sp³-hybridized carbons (Fsp3) is 0.759. The predicted octanol–water partition coefficient (Wildman–Crippen LogP) is 2.27. The summed E-state index contributed by atoms with van der Waals surface area (Å²) in [6.07, 6.45) is -17.1. The van der Waals surface area contributed by atoms with Crippen LogP contribution < -0.4 is 0 Å². The predicted molar refractivity (Wildman–Crippen MR) is 180 cm³/mol. The van der Waals surface area contributed by atoms with Gasteiger partial charge >= 0.3 is 26.8 Å². The van der Waals surface area contributed by atoms with E-state index < -0.39 is 119 Å². The van der Waals surface area contributed by atoms with E-state index >= 15 is 0 Å². The monoisotopic (exact) mass is 826 g/mol. The highest BCUT2D eigenvalue weighted by atomic mass is 32.3. The van der Waals surface area contributed by atoms with Gasteiger partial charge in [0, 0.05) is 35.9 Å². The molecule has 15 atom stereocenters. The molecular weight excluding hydrogens is 784 g/mol. The fourth-order valence-corrected chi connectivity index (χ4v) is 7.59. The average Bonchev–Trinajstić information content (AvgIpc) is 3.11. The van der Waals surface area contributed by atoms with Crippen LogP contribution in [0.2, 0.25) is 0 Å². The van der Waals surface area contributed by atoms with Crippen molar-refractivity contribution in [2.24, 2.45) is 22.1 Å². The summed E-state index contributed by atoms with van der Waals surface area (Å²) in [5.41, 5.74) is 19.5. The number of hydrogen-bond acceptors (Lipinski definition) is 17. The van der Waals surface area contributed by atoms with Crippen molar-refractivity contribution in [3.63, 3.8) is 0 Å². The van der Waals surface area contributed by atoms with Gasteiger partial charge < -0.3 is 43.0 Å². The zero-order chi connectivity index (χ0) is 40.7. The first-order valence-electron chi connectivity index (χ1n) is 16.6. The van der Waals surface area contributed by atoms with Gasteiger partial charge in [-0.25, -0.2) is 13.2 Å². The molecule has 0 saturated carbocycles. The summed E-state index contributed by atoms with van der Waals surface area (Å²) in [5.74, 6) is -4.09. The zero-order valence-electron chi connectivity index (χ0n) is 29.9. The van der Waals surface area contributed by atoms with Gasteiger partial charge in [-0.15, -0.1) is 0 Å². The molecule has 0 spiro atoms. The maximum absolute atomic E-state index is 12.8. The van der Waals surface area contributed by atoms with E-state index in [0.29, 0.717) is 5.56 Å². The van der Waals surface area contributed by atoms with Crippen molar-refractivity contribution in [1.82, 2.24) is 0 Å². The molecule has 1 aromatic carbocycles. The zero-order valence-corrected chi connectivity index (χ0v) is 31.6. The third kappa shape index (κ3) is 11.2. The Morgan fingerprint density at radius 3 is 1.93 bits per heavy atom. The Morgan fingerprint density at radius 2 is 1.38 bits per heavy atom. The van der Waals surface area contributed by atoms with E-state index in [2.05, 4.69) is 24.2 Å². The highest BCUT2D eigenvalue weighted by Gasteiger charge is 2.56. The summed E-state index contributed by atoms with van der Waals surface area (Å²) in [4.78, 5) is 18.4. The fourth-order valence-electron chi connectivity index (χ4n) is 6.65. The van der Waals surface area contributed by atoms with Crippen molar-refractivity contribution in [2.75, 3.05) is 14.2 Å². The van der Waals surface area contributed by atoms with E-state index in [1.807, 2.05) is 0 Å². The van der Waals surface area contributed by atoms with E-state index in [-0.39, 0.29) is 13.0 Å². The molecule has 0 aromatic heterocycles. The minimum atomic E-state index is -5.34. The SMILES string of the molecule is CCC1OC(OC)[C@H](N=[N+]=[N-])[C@H](OCc2ccccc2)C1O[C@H]1O[C@@H](C(=O)O)[C@@H](OC2OC(OS(=O)(=O)O)C(OC)[C@H](C)[C@H]2N=[N+]=[N-])C(C)C1OS(=O)(=O)O. The Hall–Kier alpha value is -3.27. The lowest BCUT2D eigenvalue weighted by molar-refractivity contribution is -0.358. The molecule has 3 fully saturated rings. The van der Waals surface area contributed by atoms with Crippen molar-refractivity contribution in [1.29, 1.82) is 0 Å². The van der Waals surface area contributed by atoms with Crippen LogP contribution in [0.5, 0.6) is 0 Å². The Morgan fingerprint density at radius 1 is 0.764 bits per heavy atom. The summed E-state index contributed by atoms with van der Waals surface area (Å²) in [5, 5.41) is 17.8. The normalized spacial score (nSPS) is 37.0. The van der Waals surface area contributed by atoms with Gasteiger partial charge in [-0.2, -0.15) is 16.8 Å². The molecule has 0 amide bonds. The van der Waals surface area contributed by atoms with E-state index in [1.165, 1.54) is 21.0 Å². The third-order valence-electron chi connectivity index (χ3n) is 9.21. The molecule has 26 heteroatoms. The highest BCUT2D eigenvalue weighted by molar-refractivity contribution is 7.81. The van der Waals surface area contributed by atoms with Crippen molar-refractivity contribution in [2.45, 2.75) is 114 Å². The smallest absolute Gasteiger partial charge is 0.399 e. The second kappa shape index (κ2) is 19.3. The summed E-state index contributed by atoms with van der Waals surface area (Å²) >= 11 is 0. The highest BCUT2D eigenvalue weighted by Crippen LogP contribution is 2.40. The number of rotatable bonds is 17. The molecule has 0 radical (unpaired) electrons. The first-order chi connectivity index (χ1) is 26.0. The lowest BCUT2D eigenvalue weighted by Crippen LogP contribution is -2.65. The Bertz CT molecular complexity index is 1770. The Labute approximate surface area is 315 Å². The van der Waals surface area contributed by atoms with E-state index in [9.17, 15) is 46.9 Å². The van der Waals surface area contributed by atoms with Gasteiger partial charge in [0.05, 0.1) is 18.8 Å². The van der Waals surface area contributed by atoms with Crippen LogP contribution >= 0.6 is 0 Å². The molecule has 4 rings (SSSR count). The molecule has 308 valence electrons. The number of hydrogen-bond donors (Lipinski definition) is 3. The van der Waals surface area contributed by atoms with E-state index in [4.69, 9.17) is 42.1 Å². The van der Waals surface area contributed by atoms with Crippen LogP contribution in [0.3, 0.4) is 0 Å². The number of carbonyl (C=O) groups is 1. The van der Waals surface area contributed by atoms with Gasteiger partial charge in [0.2, 0.25) is 6.29 Å². The van der Waals surface area contributed by atoms with Gasteiger partial charge in [-0.05, 0) is 23.0 Å². The summed E-state index contributed by atoms with van der Waals surface area (Å²) in [6.45, 7) is 4.35. The van der Waals surface area contributed by atoms with Crippen LogP contribution in [-0.2, 0) is 78.5 Å². The van der Waals surface area contributed by atoms with Gasteiger partial charge in [0.1, 0.15) is 36.6 Å². The van der Waals surface area contributed by atoms with Gasteiger partial charge in [-0.3, -0.25) is 9.11 Å². The lowest BCUT2D eigenvalue weighted by Gasteiger charge is -2.49. The number of benzene rings is 1. The molecule has 3 N–H and O–H groups in total. The van der Waals surface area contributed by atoms with Crippen LogP contribution in [-0.4, -0.2) is 131 Å².